The number of rotatable bonds is 8. The van der Waals surface area contributed by atoms with Gasteiger partial charge < -0.3 is 24.3 Å². The lowest BCUT2D eigenvalue weighted by atomic mass is 10.1. The van der Waals surface area contributed by atoms with Gasteiger partial charge in [-0.2, -0.15) is 0 Å². The summed E-state index contributed by atoms with van der Waals surface area (Å²) in [5, 5.41) is 13.3. The van der Waals surface area contributed by atoms with Gasteiger partial charge in [0.05, 0.1) is 19.8 Å². The summed E-state index contributed by atoms with van der Waals surface area (Å²) >= 11 is 0. The van der Waals surface area contributed by atoms with E-state index in [1.807, 2.05) is 36.4 Å². The van der Waals surface area contributed by atoms with Gasteiger partial charge in [-0.05, 0) is 29.8 Å². The molecule has 2 rings (SSSR count). The summed E-state index contributed by atoms with van der Waals surface area (Å²) in [6.45, 7) is 1.48. The summed E-state index contributed by atoms with van der Waals surface area (Å²) in [4.78, 5) is 0. The molecule has 114 valence electrons. The van der Waals surface area contributed by atoms with Crippen molar-refractivity contribution in [2.24, 2.45) is 0 Å². The first kappa shape index (κ1) is 15.6. The van der Waals surface area contributed by atoms with Crippen molar-refractivity contribution in [2.45, 2.75) is 19.3 Å². The van der Waals surface area contributed by atoms with Crippen molar-refractivity contribution in [1.82, 2.24) is 5.32 Å². The largest absolute Gasteiger partial charge is 0.497 e. The van der Waals surface area contributed by atoms with Crippen LogP contribution in [0.1, 0.15) is 23.2 Å². The monoisotopic (exact) mass is 291 g/mol. The van der Waals surface area contributed by atoms with E-state index in [0.717, 1.165) is 22.8 Å². The standard InChI is InChI=1S/C16H21NO4/c1-19-11-15-8-7-14(21-15)9-17-10-16(18)12-3-5-13(20-2)6-4-12/h3-8,16-18H,9-11H2,1-2H3. The molecule has 1 heterocycles. The van der Waals surface area contributed by atoms with E-state index in [2.05, 4.69) is 5.32 Å². The molecule has 2 aromatic rings. The number of aliphatic hydroxyl groups excluding tert-OH is 1. The molecular formula is C16H21NO4. The normalized spacial score (nSPS) is 12.3. The van der Waals surface area contributed by atoms with E-state index in [1.165, 1.54) is 0 Å². The summed E-state index contributed by atoms with van der Waals surface area (Å²) in [6, 6.07) is 11.2. The average Bonchev–Trinajstić information content (AvgIpc) is 2.95. The van der Waals surface area contributed by atoms with Crippen molar-refractivity contribution >= 4 is 0 Å². The van der Waals surface area contributed by atoms with Crippen LogP contribution in [0.4, 0.5) is 0 Å². The van der Waals surface area contributed by atoms with Gasteiger partial charge in [0, 0.05) is 13.7 Å². The highest BCUT2D eigenvalue weighted by Gasteiger charge is 2.08. The van der Waals surface area contributed by atoms with Crippen molar-refractivity contribution in [3.05, 3.63) is 53.5 Å². The fourth-order valence-corrected chi connectivity index (χ4v) is 2.01. The van der Waals surface area contributed by atoms with Gasteiger partial charge >= 0.3 is 0 Å². The zero-order valence-corrected chi connectivity index (χ0v) is 12.3. The van der Waals surface area contributed by atoms with E-state index in [4.69, 9.17) is 13.9 Å². The maximum atomic E-state index is 10.1. The van der Waals surface area contributed by atoms with E-state index in [1.54, 1.807) is 14.2 Å². The van der Waals surface area contributed by atoms with Crippen molar-refractivity contribution in [2.75, 3.05) is 20.8 Å². The second-order valence-corrected chi connectivity index (χ2v) is 4.72. The zero-order chi connectivity index (χ0) is 15.1. The Hall–Kier alpha value is -1.82. The van der Waals surface area contributed by atoms with Gasteiger partial charge in [-0.3, -0.25) is 0 Å². The van der Waals surface area contributed by atoms with Crippen LogP contribution in [-0.2, 0) is 17.9 Å². The van der Waals surface area contributed by atoms with Gasteiger partial charge in [0.1, 0.15) is 23.9 Å². The maximum absolute atomic E-state index is 10.1. The number of ether oxygens (including phenoxy) is 2. The molecule has 5 nitrogen and oxygen atoms in total. The second-order valence-electron chi connectivity index (χ2n) is 4.72. The Morgan fingerprint density at radius 3 is 2.48 bits per heavy atom. The highest BCUT2D eigenvalue weighted by molar-refractivity contribution is 5.28. The molecule has 0 amide bonds. The van der Waals surface area contributed by atoms with Crippen LogP contribution in [0.5, 0.6) is 5.75 Å². The predicted octanol–water partition coefficient (Wildman–Crippen LogP) is 2.26. The van der Waals surface area contributed by atoms with Gasteiger partial charge in [0.25, 0.3) is 0 Å². The molecule has 0 aliphatic rings. The minimum Gasteiger partial charge on any atom is -0.497 e. The maximum Gasteiger partial charge on any atom is 0.129 e. The van der Waals surface area contributed by atoms with E-state index < -0.39 is 6.10 Å². The number of aliphatic hydroxyl groups is 1. The van der Waals surface area contributed by atoms with Crippen LogP contribution in [0.3, 0.4) is 0 Å². The number of furan rings is 1. The van der Waals surface area contributed by atoms with Crippen molar-refractivity contribution in [1.29, 1.82) is 0 Å². The molecule has 1 aromatic heterocycles. The topological polar surface area (TPSA) is 63.9 Å². The van der Waals surface area contributed by atoms with Gasteiger partial charge in [-0.1, -0.05) is 12.1 Å². The van der Waals surface area contributed by atoms with Gasteiger partial charge in [0.2, 0.25) is 0 Å². The number of hydrogen-bond acceptors (Lipinski definition) is 5. The molecule has 1 aromatic carbocycles. The van der Waals surface area contributed by atoms with Crippen LogP contribution in [0.2, 0.25) is 0 Å². The molecule has 1 unspecified atom stereocenters. The Balaban J connectivity index is 1.78. The number of benzene rings is 1. The summed E-state index contributed by atoms with van der Waals surface area (Å²) in [6.07, 6.45) is -0.565. The van der Waals surface area contributed by atoms with Crippen LogP contribution in [0.25, 0.3) is 0 Å². The smallest absolute Gasteiger partial charge is 0.129 e. The minimum absolute atomic E-state index is 0.451. The average molecular weight is 291 g/mol. The molecule has 2 N–H and O–H groups in total. The van der Waals surface area contributed by atoms with Crippen LogP contribution in [0.15, 0.2) is 40.8 Å². The Morgan fingerprint density at radius 2 is 1.81 bits per heavy atom. The van der Waals surface area contributed by atoms with Crippen molar-refractivity contribution < 1.29 is 19.0 Å². The first-order valence-electron chi connectivity index (χ1n) is 6.82. The zero-order valence-electron chi connectivity index (χ0n) is 12.3. The van der Waals surface area contributed by atoms with Crippen LogP contribution in [-0.4, -0.2) is 25.9 Å². The predicted molar refractivity (Wildman–Crippen MR) is 79.1 cm³/mol. The molecular weight excluding hydrogens is 270 g/mol. The second kappa shape index (κ2) is 7.83. The lowest BCUT2D eigenvalue weighted by Crippen LogP contribution is -2.20. The molecule has 21 heavy (non-hydrogen) atoms. The van der Waals surface area contributed by atoms with Crippen LogP contribution in [0, 0.1) is 0 Å². The number of hydrogen-bond donors (Lipinski definition) is 2. The van der Waals surface area contributed by atoms with Crippen LogP contribution >= 0.6 is 0 Å². The Kier molecular flexibility index (Phi) is 5.80. The summed E-state index contributed by atoms with van der Waals surface area (Å²) in [5.41, 5.74) is 0.850. The van der Waals surface area contributed by atoms with Crippen molar-refractivity contribution in [3.8, 4) is 5.75 Å². The number of methoxy groups -OCH3 is 2. The third kappa shape index (κ3) is 4.60. The Labute approximate surface area is 124 Å². The third-order valence-electron chi connectivity index (χ3n) is 3.14. The lowest BCUT2D eigenvalue weighted by molar-refractivity contribution is 0.160. The van der Waals surface area contributed by atoms with E-state index in [0.29, 0.717) is 19.7 Å². The van der Waals surface area contributed by atoms with Crippen LogP contribution < -0.4 is 10.1 Å². The first-order chi connectivity index (χ1) is 10.2. The van der Waals surface area contributed by atoms with Crippen molar-refractivity contribution in [3.63, 3.8) is 0 Å². The van der Waals surface area contributed by atoms with Gasteiger partial charge in [-0.15, -0.1) is 0 Å². The number of nitrogens with one attached hydrogen (secondary N) is 1. The SMILES string of the molecule is COCc1ccc(CNCC(O)c2ccc(OC)cc2)o1. The summed E-state index contributed by atoms with van der Waals surface area (Å²) in [7, 11) is 3.25. The highest BCUT2D eigenvalue weighted by Crippen LogP contribution is 2.17. The summed E-state index contributed by atoms with van der Waals surface area (Å²) < 4.78 is 15.6. The lowest BCUT2D eigenvalue weighted by Gasteiger charge is -2.12. The minimum atomic E-state index is -0.565. The highest BCUT2D eigenvalue weighted by atomic mass is 16.5. The Morgan fingerprint density at radius 1 is 1.10 bits per heavy atom. The molecule has 0 aliphatic carbocycles. The molecule has 0 radical (unpaired) electrons. The van der Waals surface area contributed by atoms with Gasteiger partial charge in [-0.25, -0.2) is 0 Å². The fourth-order valence-electron chi connectivity index (χ4n) is 2.01. The summed E-state index contributed by atoms with van der Waals surface area (Å²) in [5.74, 6) is 2.40. The van der Waals surface area contributed by atoms with Gasteiger partial charge in [0.15, 0.2) is 0 Å². The first-order valence-corrected chi connectivity index (χ1v) is 6.82. The Bertz CT molecular complexity index is 535. The quantitative estimate of drug-likeness (QED) is 0.781. The third-order valence-corrected chi connectivity index (χ3v) is 3.14. The molecule has 5 heteroatoms. The van der Waals surface area contributed by atoms with E-state index in [-0.39, 0.29) is 0 Å². The molecule has 1 atom stereocenters. The van der Waals surface area contributed by atoms with E-state index in [9.17, 15) is 5.11 Å². The van der Waals surface area contributed by atoms with E-state index >= 15 is 0 Å². The molecule has 0 fully saturated rings. The fraction of sp³-hybridized carbons (Fsp3) is 0.375. The molecule has 0 saturated heterocycles. The molecule has 0 saturated carbocycles. The molecule has 0 aliphatic heterocycles. The molecule has 0 bridgehead atoms. The molecule has 0 spiro atoms.